The maximum absolute atomic E-state index is 13.2. The zero-order valence-corrected chi connectivity index (χ0v) is 19.5. The van der Waals surface area contributed by atoms with Crippen LogP contribution in [0.5, 0.6) is 17.2 Å². The zero-order valence-electron chi connectivity index (χ0n) is 19.5. The number of carbonyl (C=O) groups excluding carboxylic acids is 1. The van der Waals surface area contributed by atoms with Crippen LogP contribution in [0.4, 0.5) is 21.5 Å². The van der Waals surface area contributed by atoms with E-state index in [1.807, 2.05) is 24.3 Å². The highest BCUT2D eigenvalue weighted by Crippen LogP contribution is 2.38. The maximum Gasteiger partial charge on any atom is 0.255 e. The third kappa shape index (κ3) is 4.85. The lowest BCUT2D eigenvalue weighted by molar-refractivity contribution is 0.102. The van der Waals surface area contributed by atoms with E-state index < -0.39 is 0 Å². The van der Waals surface area contributed by atoms with Gasteiger partial charge in [-0.2, -0.15) is 0 Å². The Balaban J connectivity index is 1.50. The van der Waals surface area contributed by atoms with Crippen molar-refractivity contribution in [2.45, 2.75) is 0 Å². The summed E-state index contributed by atoms with van der Waals surface area (Å²) in [5, 5.41) is 3.03. The molecule has 1 N–H and O–H groups in total. The van der Waals surface area contributed by atoms with Crippen molar-refractivity contribution >= 4 is 23.0 Å². The summed E-state index contributed by atoms with van der Waals surface area (Å²) in [5.74, 6) is 0.742. The third-order valence-electron chi connectivity index (χ3n) is 5.89. The van der Waals surface area contributed by atoms with Gasteiger partial charge in [-0.1, -0.05) is 12.1 Å². The van der Waals surface area contributed by atoms with Crippen molar-refractivity contribution in [3.05, 3.63) is 72.0 Å². The molecule has 1 aliphatic heterocycles. The predicted octanol–water partition coefficient (Wildman–Crippen LogP) is 4.43. The number of carbonyl (C=O) groups is 1. The standard InChI is InChI=1S/C26H28FN3O4/c1-32-23-16-18(17-24(33-2)25(23)34-3)26(31)28-21-6-4-5-7-22(21)30-14-12-29(13-15-30)20-10-8-19(27)9-11-20/h4-11,16-17H,12-15H2,1-3H3,(H,28,31). The van der Waals surface area contributed by atoms with Crippen LogP contribution in [0.1, 0.15) is 10.4 Å². The van der Waals surface area contributed by atoms with Gasteiger partial charge >= 0.3 is 0 Å². The Morgan fingerprint density at radius 2 is 1.41 bits per heavy atom. The van der Waals surface area contributed by atoms with Crippen LogP contribution < -0.4 is 29.3 Å². The number of hydrogen-bond acceptors (Lipinski definition) is 6. The van der Waals surface area contributed by atoms with Crippen LogP contribution in [0.15, 0.2) is 60.7 Å². The number of amides is 1. The third-order valence-corrected chi connectivity index (χ3v) is 5.89. The van der Waals surface area contributed by atoms with E-state index in [-0.39, 0.29) is 11.7 Å². The summed E-state index contributed by atoms with van der Waals surface area (Å²) in [4.78, 5) is 17.6. The monoisotopic (exact) mass is 465 g/mol. The van der Waals surface area contributed by atoms with Gasteiger partial charge in [0, 0.05) is 37.4 Å². The van der Waals surface area contributed by atoms with E-state index in [4.69, 9.17) is 14.2 Å². The Hall–Kier alpha value is -3.94. The molecule has 0 aliphatic carbocycles. The largest absolute Gasteiger partial charge is 0.493 e. The minimum Gasteiger partial charge on any atom is -0.493 e. The molecular formula is C26H28FN3O4. The van der Waals surface area contributed by atoms with Crippen LogP contribution in [0, 0.1) is 5.82 Å². The molecule has 0 atom stereocenters. The molecule has 178 valence electrons. The number of rotatable bonds is 7. The fourth-order valence-corrected chi connectivity index (χ4v) is 4.12. The molecule has 0 radical (unpaired) electrons. The van der Waals surface area contributed by atoms with Gasteiger partial charge in [0.25, 0.3) is 5.91 Å². The molecule has 0 spiro atoms. The van der Waals surface area contributed by atoms with Crippen molar-refractivity contribution in [3.63, 3.8) is 0 Å². The summed E-state index contributed by atoms with van der Waals surface area (Å²) in [7, 11) is 4.55. The van der Waals surface area contributed by atoms with Gasteiger partial charge in [-0.25, -0.2) is 4.39 Å². The van der Waals surface area contributed by atoms with Crippen LogP contribution in [0.3, 0.4) is 0 Å². The van der Waals surface area contributed by atoms with Crippen LogP contribution in [-0.2, 0) is 0 Å². The highest BCUT2D eigenvalue weighted by molar-refractivity contribution is 6.06. The van der Waals surface area contributed by atoms with Gasteiger partial charge < -0.3 is 29.3 Å². The van der Waals surface area contributed by atoms with Crippen LogP contribution >= 0.6 is 0 Å². The average Bonchev–Trinajstić information content (AvgIpc) is 2.88. The summed E-state index contributed by atoms with van der Waals surface area (Å²) in [6, 6.07) is 17.6. The van der Waals surface area contributed by atoms with Crippen molar-refractivity contribution in [2.24, 2.45) is 0 Å². The number of benzene rings is 3. The second-order valence-electron chi connectivity index (χ2n) is 7.84. The number of halogens is 1. The summed E-state index contributed by atoms with van der Waals surface area (Å²) < 4.78 is 29.3. The molecule has 1 heterocycles. The second-order valence-corrected chi connectivity index (χ2v) is 7.84. The summed E-state index contributed by atoms with van der Waals surface area (Å²) in [6.45, 7) is 3.13. The van der Waals surface area contributed by atoms with Gasteiger partial charge in [0.2, 0.25) is 5.75 Å². The minimum atomic E-state index is -0.281. The summed E-state index contributed by atoms with van der Waals surface area (Å²) >= 11 is 0. The molecule has 0 unspecified atom stereocenters. The van der Waals surface area contributed by atoms with Gasteiger partial charge in [0.15, 0.2) is 11.5 Å². The van der Waals surface area contributed by atoms with E-state index in [9.17, 15) is 9.18 Å². The molecular weight excluding hydrogens is 437 g/mol. The van der Waals surface area contributed by atoms with Gasteiger partial charge in [0.05, 0.1) is 32.7 Å². The molecule has 3 aromatic carbocycles. The Bertz CT molecular complexity index is 1120. The van der Waals surface area contributed by atoms with E-state index in [2.05, 4.69) is 15.1 Å². The lowest BCUT2D eigenvalue weighted by Gasteiger charge is -2.38. The number of para-hydroxylation sites is 2. The Morgan fingerprint density at radius 1 is 0.824 bits per heavy atom. The zero-order chi connectivity index (χ0) is 24.1. The van der Waals surface area contributed by atoms with E-state index in [0.717, 1.165) is 43.2 Å². The van der Waals surface area contributed by atoms with Gasteiger partial charge in [-0.15, -0.1) is 0 Å². The molecule has 34 heavy (non-hydrogen) atoms. The number of methoxy groups -OCH3 is 3. The molecule has 1 aliphatic rings. The number of piperazine rings is 1. The van der Waals surface area contributed by atoms with Crippen molar-refractivity contribution in [1.29, 1.82) is 0 Å². The second kappa shape index (κ2) is 10.3. The highest BCUT2D eigenvalue weighted by atomic mass is 19.1. The molecule has 1 fully saturated rings. The van der Waals surface area contributed by atoms with Gasteiger partial charge in [-0.3, -0.25) is 4.79 Å². The first-order valence-corrected chi connectivity index (χ1v) is 11.0. The molecule has 0 aromatic heterocycles. The summed E-state index contributed by atoms with van der Waals surface area (Å²) in [5.41, 5.74) is 3.06. The first-order chi connectivity index (χ1) is 16.5. The first-order valence-electron chi connectivity index (χ1n) is 11.0. The lowest BCUT2D eigenvalue weighted by atomic mass is 10.1. The number of nitrogens with zero attached hydrogens (tertiary/aromatic N) is 2. The molecule has 0 saturated carbocycles. The number of anilines is 3. The fourth-order valence-electron chi connectivity index (χ4n) is 4.12. The molecule has 1 amide bonds. The Morgan fingerprint density at radius 3 is 2.00 bits per heavy atom. The van der Waals surface area contributed by atoms with E-state index >= 15 is 0 Å². The van der Waals surface area contributed by atoms with Gasteiger partial charge in [-0.05, 0) is 48.5 Å². The molecule has 4 rings (SSSR count). The molecule has 3 aromatic rings. The van der Waals surface area contributed by atoms with E-state index in [1.54, 1.807) is 24.3 Å². The molecule has 0 bridgehead atoms. The quantitative estimate of drug-likeness (QED) is 0.557. The number of ether oxygens (including phenoxy) is 3. The Labute approximate surface area is 198 Å². The summed E-state index contributed by atoms with van der Waals surface area (Å²) in [6.07, 6.45) is 0. The minimum absolute atomic E-state index is 0.237. The fraction of sp³-hybridized carbons (Fsp3) is 0.269. The maximum atomic E-state index is 13.2. The van der Waals surface area contributed by atoms with Crippen LogP contribution in [-0.4, -0.2) is 53.4 Å². The topological polar surface area (TPSA) is 63.3 Å². The van der Waals surface area contributed by atoms with Crippen molar-refractivity contribution in [1.82, 2.24) is 0 Å². The Kier molecular flexibility index (Phi) is 7.06. The molecule has 7 nitrogen and oxygen atoms in total. The van der Waals surface area contributed by atoms with Crippen LogP contribution in [0.25, 0.3) is 0 Å². The highest BCUT2D eigenvalue weighted by Gasteiger charge is 2.22. The average molecular weight is 466 g/mol. The first kappa shape index (κ1) is 23.2. The predicted molar refractivity (Wildman–Crippen MR) is 131 cm³/mol. The van der Waals surface area contributed by atoms with E-state index in [1.165, 1.54) is 33.5 Å². The normalized spacial score (nSPS) is 13.4. The van der Waals surface area contributed by atoms with E-state index in [0.29, 0.717) is 22.8 Å². The van der Waals surface area contributed by atoms with Crippen molar-refractivity contribution < 1.29 is 23.4 Å². The van der Waals surface area contributed by atoms with Crippen LogP contribution in [0.2, 0.25) is 0 Å². The van der Waals surface area contributed by atoms with Crippen molar-refractivity contribution in [3.8, 4) is 17.2 Å². The van der Waals surface area contributed by atoms with Crippen molar-refractivity contribution in [2.75, 3.05) is 62.6 Å². The molecule has 8 heteroatoms. The number of nitrogens with one attached hydrogen (secondary N) is 1. The SMILES string of the molecule is COc1cc(C(=O)Nc2ccccc2N2CCN(c3ccc(F)cc3)CC2)cc(OC)c1OC. The van der Waals surface area contributed by atoms with Gasteiger partial charge in [0.1, 0.15) is 5.82 Å². The number of hydrogen-bond donors (Lipinski definition) is 1. The smallest absolute Gasteiger partial charge is 0.255 e. The molecule has 1 saturated heterocycles. The lowest BCUT2D eigenvalue weighted by Crippen LogP contribution is -2.46.